The number of halogens is 2. The van der Waals surface area contributed by atoms with Gasteiger partial charge in [0.05, 0.1) is 0 Å². The molecule has 1 aromatic rings. The molecule has 0 aliphatic carbocycles. The first-order chi connectivity index (χ1) is 9.84. The topological polar surface area (TPSA) is 49.4 Å². The molecule has 0 bridgehead atoms. The van der Waals surface area contributed by atoms with Crippen molar-refractivity contribution in [2.75, 3.05) is 13.1 Å². The fourth-order valence-electron chi connectivity index (χ4n) is 2.31. The molecule has 0 amide bonds. The molecule has 0 unspecified atom stereocenters. The van der Waals surface area contributed by atoms with Crippen LogP contribution in [0.15, 0.2) is 17.0 Å². The molecule has 1 aliphatic rings. The molecule has 1 fully saturated rings. The monoisotopic (exact) mass is 318 g/mol. The summed E-state index contributed by atoms with van der Waals surface area (Å²) in [5.74, 6) is -1.73. The molecule has 0 spiro atoms. The van der Waals surface area contributed by atoms with Crippen molar-refractivity contribution in [3.63, 3.8) is 0 Å². The standard InChI is InChI=1S/C14H20F2N2O2S/c1-10(2)17-9-11-12(15)5-6-13(14(11)16)21(19,20)18-7-3-4-8-18/h5-6,10,17H,3-4,7-9H2,1-2H3. The molecule has 0 saturated carbocycles. The third kappa shape index (κ3) is 3.41. The number of benzene rings is 1. The molecule has 4 nitrogen and oxygen atoms in total. The Hall–Kier alpha value is -1.05. The molecule has 1 N–H and O–H groups in total. The highest BCUT2D eigenvalue weighted by molar-refractivity contribution is 7.89. The number of nitrogens with zero attached hydrogens (tertiary/aromatic N) is 1. The van der Waals surface area contributed by atoms with Gasteiger partial charge in [0.2, 0.25) is 10.0 Å². The zero-order valence-electron chi connectivity index (χ0n) is 12.2. The van der Waals surface area contributed by atoms with E-state index >= 15 is 0 Å². The summed E-state index contributed by atoms with van der Waals surface area (Å²) in [5, 5.41) is 2.90. The van der Waals surface area contributed by atoms with Crippen molar-refractivity contribution < 1.29 is 17.2 Å². The predicted molar refractivity (Wildman–Crippen MR) is 76.3 cm³/mol. The Morgan fingerprint density at radius 3 is 2.43 bits per heavy atom. The Balaban J connectivity index is 2.38. The van der Waals surface area contributed by atoms with E-state index in [2.05, 4.69) is 5.32 Å². The van der Waals surface area contributed by atoms with E-state index in [1.807, 2.05) is 13.8 Å². The maximum atomic E-state index is 14.4. The SMILES string of the molecule is CC(C)NCc1c(F)ccc(S(=O)(=O)N2CCCC2)c1F. The van der Waals surface area contributed by atoms with Crippen molar-refractivity contribution in [3.05, 3.63) is 29.3 Å². The van der Waals surface area contributed by atoms with Crippen molar-refractivity contribution in [3.8, 4) is 0 Å². The van der Waals surface area contributed by atoms with E-state index in [0.29, 0.717) is 13.1 Å². The average Bonchev–Trinajstić information content (AvgIpc) is 2.92. The Morgan fingerprint density at radius 1 is 1.24 bits per heavy atom. The van der Waals surface area contributed by atoms with Gasteiger partial charge in [0.25, 0.3) is 0 Å². The molecule has 2 rings (SSSR count). The van der Waals surface area contributed by atoms with Crippen LogP contribution in [0.4, 0.5) is 8.78 Å². The quantitative estimate of drug-likeness (QED) is 0.906. The Bertz CT molecular complexity index is 612. The average molecular weight is 318 g/mol. The number of hydrogen-bond donors (Lipinski definition) is 1. The van der Waals surface area contributed by atoms with E-state index < -0.39 is 26.6 Å². The van der Waals surface area contributed by atoms with Gasteiger partial charge in [0, 0.05) is 31.2 Å². The highest BCUT2D eigenvalue weighted by Gasteiger charge is 2.31. The van der Waals surface area contributed by atoms with Gasteiger partial charge in [-0.05, 0) is 25.0 Å². The van der Waals surface area contributed by atoms with Crippen LogP contribution in [0.25, 0.3) is 0 Å². The van der Waals surface area contributed by atoms with Gasteiger partial charge in [-0.3, -0.25) is 0 Å². The van der Waals surface area contributed by atoms with E-state index in [4.69, 9.17) is 0 Å². The first-order valence-electron chi connectivity index (χ1n) is 7.04. The highest BCUT2D eigenvalue weighted by Crippen LogP contribution is 2.26. The lowest BCUT2D eigenvalue weighted by atomic mass is 10.2. The van der Waals surface area contributed by atoms with Crippen LogP contribution < -0.4 is 5.32 Å². The van der Waals surface area contributed by atoms with Gasteiger partial charge in [0.15, 0.2) is 5.82 Å². The van der Waals surface area contributed by atoms with Crippen molar-refractivity contribution in [2.24, 2.45) is 0 Å². The van der Waals surface area contributed by atoms with Gasteiger partial charge in [-0.2, -0.15) is 4.31 Å². The van der Waals surface area contributed by atoms with Crippen LogP contribution in [-0.2, 0) is 16.6 Å². The summed E-state index contributed by atoms with van der Waals surface area (Å²) in [6, 6.07) is 2.07. The van der Waals surface area contributed by atoms with Crippen molar-refractivity contribution in [1.29, 1.82) is 0 Å². The van der Waals surface area contributed by atoms with Gasteiger partial charge in [-0.15, -0.1) is 0 Å². The van der Waals surface area contributed by atoms with Crippen LogP contribution in [0.3, 0.4) is 0 Å². The third-order valence-electron chi connectivity index (χ3n) is 3.52. The highest BCUT2D eigenvalue weighted by atomic mass is 32.2. The maximum Gasteiger partial charge on any atom is 0.245 e. The van der Waals surface area contributed by atoms with Crippen LogP contribution in [-0.4, -0.2) is 31.9 Å². The fraction of sp³-hybridized carbons (Fsp3) is 0.571. The molecule has 0 radical (unpaired) electrons. The zero-order valence-corrected chi connectivity index (χ0v) is 13.0. The summed E-state index contributed by atoms with van der Waals surface area (Å²) < 4.78 is 54.3. The predicted octanol–water partition coefficient (Wildman–Crippen LogP) is 2.25. The minimum absolute atomic E-state index is 0.0430. The van der Waals surface area contributed by atoms with Crippen LogP contribution in [0.5, 0.6) is 0 Å². The van der Waals surface area contributed by atoms with Crippen LogP contribution in [0, 0.1) is 11.6 Å². The molecule has 0 aromatic heterocycles. The van der Waals surface area contributed by atoms with Gasteiger partial charge < -0.3 is 5.32 Å². The Kier molecular flexibility index (Phi) is 4.95. The zero-order chi connectivity index (χ0) is 15.6. The van der Waals surface area contributed by atoms with Crippen LogP contribution >= 0.6 is 0 Å². The van der Waals surface area contributed by atoms with Crippen molar-refractivity contribution in [1.82, 2.24) is 9.62 Å². The number of hydrogen-bond acceptors (Lipinski definition) is 3. The Morgan fingerprint density at radius 2 is 1.86 bits per heavy atom. The van der Waals surface area contributed by atoms with Gasteiger partial charge >= 0.3 is 0 Å². The lowest BCUT2D eigenvalue weighted by molar-refractivity contribution is 0.461. The van der Waals surface area contributed by atoms with Crippen molar-refractivity contribution >= 4 is 10.0 Å². The summed E-state index contributed by atoms with van der Waals surface area (Å²) in [7, 11) is -3.88. The maximum absolute atomic E-state index is 14.4. The number of nitrogens with one attached hydrogen (secondary N) is 1. The summed E-state index contributed by atoms with van der Waals surface area (Å²) >= 11 is 0. The first kappa shape index (κ1) is 16.3. The Labute approximate surface area is 124 Å². The van der Waals surface area contributed by atoms with Gasteiger partial charge in [0.1, 0.15) is 10.7 Å². The van der Waals surface area contributed by atoms with Crippen LogP contribution in [0.1, 0.15) is 32.3 Å². The summed E-state index contributed by atoms with van der Waals surface area (Å²) in [6.45, 7) is 4.43. The molecule has 21 heavy (non-hydrogen) atoms. The normalized spacial score (nSPS) is 16.8. The lowest BCUT2D eigenvalue weighted by Gasteiger charge is -2.18. The van der Waals surface area contributed by atoms with Crippen LogP contribution in [0.2, 0.25) is 0 Å². The smallest absolute Gasteiger partial charge is 0.245 e. The number of sulfonamides is 1. The van der Waals surface area contributed by atoms with E-state index in [0.717, 1.165) is 25.0 Å². The van der Waals surface area contributed by atoms with E-state index in [-0.39, 0.29) is 18.2 Å². The van der Waals surface area contributed by atoms with E-state index in [9.17, 15) is 17.2 Å². The molecular weight excluding hydrogens is 298 g/mol. The first-order valence-corrected chi connectivity index (χ1v) is 8.48. The molecule has 1 heterocycles. The lowest BCUT2D eigenvalue weighted by Crippen LogP contribution is -2.29. The molecule has 1 aromatic carbocycles. The minimum Gasteiger partial charge on any atom is -0.310 e. The van der Waals surface area contributed by atoms with Gasteiger partial charge in [-0.1, -0.05) is 13.8 Å². The molecule has 1 aliphatic heterocycles. The second-order valence-electron chi connectivity index (χ2n) is 5.48. The van der Waals surface area contributed by atoms with E-state index in [1.165, 1.54) is 4.31 Å². The molecule has 118 valence electrons. The summed E-state index contributed by atoms with van der Waals surface area (Å²) in [4.78, 5) is -0.439. The molecule has 7 heteroatoms. The fourth-order valence-corrected chi connectivity index (χ4v) is 3.92. The van der Waals surface area contributed by atoms with E-state index in [1.54, 1.807) is 0 Å². The second kappa shape index (κ2) is 6.37. The third-order valence-corrected chi connectivity index (χ3v) is 5.44. The second-order valence-corrected chi connectivity index (χ2v) is 7.39. The minimum atomic E-state index is -3.88. The summed E-state index contributed by atoms with van der Waals surface area (Å²) in [5.41, 5.74) is -0.232. The molecule has 0 atom stereocenters. The largest absolute Gasteiger partial charge is 0.310 e. The number of rotatable bonds is 5. The molecular formula is C14H20F2N2O2S. The van der Waals surface area contributed by atoms with Gasteiger partial charge in [-0.25, -0.2) is 17.2 Å². The molecule has 1 saturated heterocycles. The van der Waals surface area contributed by atoms with Crippen molar-refractivity contribution in [2.45, 2.75) is 44.2 Å². The summed E-state index contributed by atoms with van der Waals surface area (Å²) in [6.07, 6.45) is 1.54.